The van der Waals surface area contributed by atoms with Crippen LogP contribution in [0.25, 0.3) is 0 Å². The Labute approximate surface area is 114 Å². The molecular formula is C16H22N2O. The Balaban J connectivity index is 1.77. The Morgan fingerprint density at radius 2 is 2.05 bits per heavy atom. The molecule has 0 radical (unpaired) electrons. The molecule has 1 aromatic rings. The van der Waals surface area contributed by atoms with Gasteiger partial charge in [0, 0.05) is 24.7 Å². The molecule has 1 fully saturated rings. The van der Waals surface area contributed by atoms with Crippen molar-refractivity contribution in [2.75, 3.05) is 11.9 Å². The number of rotatable bonds is 2. The number of fused-ring (bicyclic) bond motifs is 1. The highest BCUT2D eigenvalue weighted by atomic mass is 16.1. The van der Waals surface area contributed by atoms with Crippen molar-refractivity contribution in [3.8, 4) is 0 Å². The number of amides is 1. The zero-order valence-electron chi connectivity index (χ0n) is 11.4. The first-order valence-corrected chi connectivity index (χ1v) is 7.47. The van der Waals surface area contributed by atoms with E-state index in [0.717, 1.165) is 19.4 Å². The first-order chi connectivity index (χ1) is 9.33. The van der Waals surface area contributed by atoms with Crippen LogP contribution in [0.4, 0.5) is 5.69 Å². The van der Waals surface area contributed by atoms with Crippen molar-refractivity contribution in [2.45, 2.75) is 51.0 Å². The van der Waals surface area contributed by atoms with Crippen LogP contribution in [0.2, 0.25) is 0 Å². The monoisotopic (exact) mass is 258 g/mol. The van der Waals surface area contributed by atoms with Gasteiger partial charge < -0.3 is 10.6 Å². The van der Waals surface area contributed by atoms with Crippen molar-refractivity contribution in [3.05, 3.63) is 29.3 Å². The second-order valence-electron chi connectivity index (χ2n) is 5.69. The van der Waals surface area contributed by atoms with Crippen molar-refractivity contribution in [1.29, 1.82) is 0 Å². The predicted molar refractivity (Wildman–Crippen MR) is 77.4 cm³/mol. The molecule has 1 unspecified atom stereocenters. The second kappa shape index (κ2) is 5.64. The standard InChI is InChI=1S/C16H22N2O/c19-16-11-13(7-4-10-17-16)18-15-9-3-6-12-5-1-2-8-14(12)15/h3,6,9,13,18H,1-2,4-5,7-8,10-11H2,(H,17,19). The van der Waals surface area contributed by atoms with Crippen LogP contribution in [0.5, 0.6) is 0 Å². The normalized spacial score (nSPS) is 23.2. The second-order valence-corrected chi connectivity index (χ2v) is 5.69. The topological polar surface area (TPSA) is 41.1 Å². The summed E-state index contributed by atoms with van der Waals surface area (Å²) in [6.45, 7) is 0.823. The van der Waals surface area contributed by atoms with E-state index in [0.29, 0.717) is 6.42 Å². The summed E-state index contributed by atoms with van der Waals surface area (Å²) in [7, 11) is 0. The van der Waals surface area contributed by atoms with E-state index in [2.05, 4.69) is 28.8 Å². The van der Waals surface area contributed by atoms with Gasteiger partial charge >= 0.3 is 0 Å². The number of carbonyl (C=O) groups is 1. The number of nitrogens with one attached hydrogen (secondary N) is 2. The van der Waals surface area contributed by atoms with Gasteiger partial charge in [-0.3, -0.25) is 4.79 Å². The van der Waals surface area contributed by atoms with Crippen LogP contribution in [0.15, 0.2) is 18.2 Å². The van der Waals surface area contributed by atoms with E-state index in [9.17, 15) is 4.79 Å². The number of anilines is 1. The van der Waals surface area contributed by atoms with E-state index in [1.54, 1.807) is 0 Å². The molecule has 102 valence electrons. The lowest BCUT2D eigenvalue weighted by Gasteiger charge is -2.23. The smallest absolute Gasteiger partial charge is 0.222 e. The number of carbonyl (C=O) groups excluding carboxylic acids is 1. The Morgan fingerprint density at radius 3 is 3.00 bits per heavy atom. The number of hydrogen-bond acceptors (Lipinski definition) is 2. The highest BCUT2D eigenvalue weighted by molar-refractivity contribution is 5.77. The average Bonchev–Trinajstić information content (AvgIpc) is 2.63. The van der Waals surface area contributed by atoms with Gasteiger partial charge in [-0.25, -0.2) is 0 Å². The summed E-state index contributed by atoms with van der Waals surface area (Å²) in [4.78, 5) is 11.6. The Kier molecular flexibility index (Phi) is 3.72. The molecule has 3 rings (SSSR count). The first-order valence-electron chi connectivity index (χ1n) is 7.47. The van der Waals surface area contributed by atoms with Gasteiger partial charge in [0.05, 0.1) is 0 Å². The fraction of sp³-hybridized carbons (Fsp3) is 0.562. The molecule has 1 atom stereocenters. The van der Waals surface area contributed by atoms with Crippen LogP contribution >= 0.6 is 0 Å². The molecule has 0 saturated carbocycles. The van der Waals surface area contributed by atoms with Crippen LogP contribution in [0.1, 0.15) is 43.2 Å². The zero-order valence-corrected chi connectivity index (χ0v) is 11.4. The molecule has 2 aliphatic rings. The third kappa shape index (κ3) is 2.91. The number of aryl methyl sites for hydroxylation is 1. The average molecular weight is 258 g/mol. The molecule has 1 aromatic carbocycles. The minimum atomic E-state index is 0.180. The van der Waals surface area contributed by atoms with Gasteiger partial charge in [0.2, 0.25) is 5.91 Å². The maximum absolute atomic E-state index is 11.6. The summed E-state index contributed by atoms with van der Waals surface area (Å²) < 4.78 is 0. The van der Waals surface area contributed by atoms with Gasteiger partial charge in [-0.2, -0.15) is 0 Å². The molecule has 3 nitrogen and oxygen atoms in total. The maximum Gasteiger partial charge on any atom is 0.222 e. The highest BCUT2D eigenvalue weighted by Crippen LogP contribution is 2.29. The van der Waals surface area contributed by atoms with Crippen molar-refractivity contribution >= 4 is 11.6 Å². The summed E-state index contributed by atoms with van der Waals surface area (Å²) in [6.07, 6.45) is 7.72. The van der Waals surface area contributed by atoms with Crippen molar-refractivity contribution < 1.29 is 4.79 Å². The third-order valence-electron chi connectivity index (χ3n) is 4.24. The lowest BCUT2D eigenvalue weighted by molar-refractivity contribution is -0.120. The molecule has 1 aliphatic heterocycles. The SMILES string of the molecule is O=C1CC(Nc2cccc3c2CCCC3)CCCN1. The van der Waals surface area contributed by atoms with Crippen LogP contribution < -0.4 is 10.6 Å². The van der Waals surface area contributed by atoms with E-state index in [1.165, 1.54) is 42.5 Å². The summed E-state index contributed by atoms with van der Waals surface area (Å²) >= 11 is 0. The number of hydrogen-bond donors (Lipinski definition) is 2. The molecule has 3 heteroatoms. The van der Waals surface area contributed by atoms with E-state index in [-0.39, 0.29) is 11.9 Å². The Morgan fingerprint density at radius 1 is 1.16 bits per heavy atom. The van der Waals surface area contributed by atoms with Gasteiger partial charge in [0.15, 0.2) is 0 Å². The molecule has 1 saturated heterocycles. The Bertz CT molecular complexity index is 470. The van der Waals surface area contributed by atoms with Crippen molar-refractivity contribution in [3.63, 3.8) is 0 Å². The third-order valence-corrected chi connectivity index (χ3v) is 4.24. The molecule has 0 spiro atoms. The van der Waals surface area contributed by atoms with E-state index >= 15 is 0 Å². The van der Waals surface area contributed by atoms with Crippen LogP contribution in [-0.2, 0) is 17.6 Å². The maximum atomic E-state index is 11.6. The lowest BCUT2D eigenvalue weighted by Crippen LogP contribution is -2.27. The van der Waals surface area contributed by atoms with E-state index in [4.69, 9.17) is 0 Å². The highest BCUT2D eigenvalue weighted by Gasteiger charge is 2.19. The van der Waals surface area contributed by atoms with Crippen LogP contribution in [-0.4, -0.2) is 18.5 Å². The number of benzene rings is 1. The molecule has 2 N–H and O–H groups in total. The minimum Gasteiger partial charge on any atom is -0.382 e. The molecule has 0 bridgehead atoms. The molecule has 0 aromatic heterocycles. The minimum absolute atomic E-state index is 0.180. The van der Waals surface area contributed by atoms with Gasteiger partial charge in [-0.15, -0.1) is 0 Å². The van der Waals surface area contributed by atoms with E-state index < -0.39 is 0 Å². The molecule has 19 heavy (non-hydrogen) atoms. The quantitative estimate of drug-likeness (QED) is 0.856. The van der Waals surface area contributed by atoms with Crippen molar-refractivity contribution in [1.82, 2.24) is 5.32 Å². The van der Waals surface area contributed by atoms with Gasteiger partial charge in [0.25, 0.3) is 0 Å². The van der Waals surface area contributed by atoms with Crippen LogP contribution in [0.3, 0.4) is 0 Å². The van der Waals surface area contributed by atoms with Crippen molar-refractivity contribution in [2.24, 2.45) is 0 Å². The summed E-state index contributed by atoms with van der Waals surface area (Å²) in [5.41, 5.74) is 4.24. The molecular weight excluding hydrogens is 236 g/mol. The lowest BCUT2D eigenvalue weighted by atomic mass is 9.90. The largest absolute Gasteiger partial charge is 0.382 e. The molecule has 1 aliphatic carbocycles. The fourth-order valence-electron chi connectivity index (χ4n) is 3.23. The molecule has 1 amide bonds. The Hall–Kier alpha value is -1.51. The van der Waals surface area contributed by atoms with Gasteiger partial charge in [0.1, 0.15) is 0 Å². The molecule has 1 heterocycles. The van der Waals surface area contributed by atoms with Crippen LogP contribution in [0, 0.1) is 0 Å². The van der Waals surface area contributed by atoms with Gasteiger partial charge in [-0.1, -0.05) is 12.1 Å². The fourth-order valence-corrected chi connectivity index (χ4v) is 3.23. The summed E-state index contributed by atoms with van der Waals surface area (Å²) in [5, 5.41) is 6.56. The predicted octanol–water partition coefficient (Wildman–Crippen LogP) is 2.65. The summed E-state index contributed by atoms with van der Waals surface area (Å²) in [6, 6.07) is 6.85. The van der Waals surface area contributed by atoms with Gasteiger partial charge in [-0.05, 0) is 55.7 Å². The van der Waals surface area contributed by atoms with E-state index in [1.807, 2.05) is 0 Å². The zero-order chi connectivity index (χ0) is 13.1. The summed E-state index contributed by atoms with van der Waals surface area (Å²) in [5.74, 6) is 0.180. The first kappa shape index (κ1) is 12.5.